The molecular weight excluding hydrogens is 599 g/mol. The second-order valence-corrected chi connectivity index (χ2v) is 15.7. The molecule has 3 unspecified atom stereocenters. The molecule has 1 fully saturated rings. The maximum atomic E-state index is 12.0. The van der Waals surface area contributed by atoms with Crippen molar-refractivity contribution in [3.63, 3.8) is 0 Å². The largest absolute Gasteiger partial charge is 0.376 e. The Morgan fingerprint density at radius 2 is 1.24 bits per heavy atom. The Balaban J connectivity index is 0. The molecule has 1 aliphatic heterocycles. The minimum atomic E-state index is 0.0104. The third-order valence-corrected chi connectivity index (χ3v) is 10.8. The molecule has 0 bridgehead atoms. The van der Waals surface area contributed by atoms with Crippen LogP contribution in [0.25, 0.3) is 0 Å². The Bertz CT molecular complexity index is 594. The molecule has 7 heteroatoms. The monoisotopic (exact) mass is 678 g/mol. The standard InChI is InChI=1S/C29H57NO4S2.C7H16.C2H6/c1-4-5-6-7-8-9-10-11-12-13-14-15-16-17-22-35-36-23-19-29(31)30-20-18-21-33-27-24-32-25-28(27)34-26(2)3;1-5-7(4)6(2)3;1-2/h26-28H,4-25H2,1-3H3,(H,30,31);6-7H,5H2,1-4H3;1-2H3. The van der Waals surface area contributed by atoms with Crippen molar-refractivity contribution >= 4 is 27.5 Å². The topological polar surface area (TPSA) is 56.8 Å². The molecule has 5 nitrogen and oxygen atoms in total. The summed E-state index contributed by atoms with van der Waals surface area (Å²) in [6.07, 6.45) is 22.6. The highest BCUT2D eigenvalue weighted by Crippen LogP contribution is 2.24. The van der Waals surface area contributed by atoms with Gasteiger partial charge >= 0.3 is 0 Å². The molecule has 1 aliphatic rings. The molecule has 1 saturated heterocycles. The zero-order valence-electron chi connectivity index (χ0n) is 31.6. The first-order valence-corrected chi connectivity index (χ1v) is 21.7. The lowest BCUT2D eigenvalue weighted by molar-refractivity contribution is -0.120. The third kappa shape index (κ3) is 33.7. The summed E-state index contributed by atoms with van der Waals surface area (Å²) in [6.45, 7) is 21.9. The average Bonchev–Trinajstić information content (AvgIpc) is 3.46. The lowest BCUT2D eigenvalue weighted by Gasteiger charge is -2.21. The lowest BCUT2D eigenvalue weighted by atomic mass is 9.96. The Morgan fingerprint density at radius 1 is 0.733 bits per heavy atom. The van der Waals surface area contributed by atoms with Crippen LogP contribution in [-0.4, -0.2) is 62.1 Å². The van der Waals surface area contributed by atoms with E-state index in [-0.39, 0.29) is 24.2 Å². The summed E-state index contributed by atoms with van der Waals surface area (Å²) < 4.78 is 17.2. The van der Waals surface area contributed by atoms with E-state index >= 15 is 0 Å². The number of hydrogen-bond donors (Lipinski definition) is 1. The fourth-order valence-electron chi connectivity index (χ4n) is 4.85. The molecule has 1 N–H and O–H groups in total. The summed E-state index contributed by atoms with van der Waals surface area (Å²) in [5.41, 5.74) is 0. The average molecular weight is 678 g/mol. The van der Waals surface area contributed by atoms with Crippen LogP contribution in [0.2, 0.25) is 0 Å². The van der Waals surface area contributed by atoms with Crippen molar-refractivity contribution in [2.24, 2.45) is 11.8 Å². The molecule has 0 radical (unpaired) electrons. The van der Waals surface area contributed by atoms with Crippen molar-refractivity contribution in [2.75, 3.05) is 37.9 Å². The number of hydrogen-bond acceptors (Lipinski definition) is 6. The van der Waals surface area contributed by atoms with Gasteiger partial charge in [-0.15, -0.1) is 0 Å². The number of rotatable bonds is 28. The van der Waals surface area contributed by atoms with Crippen LogP contribution in [0, 0.1) is 11.8 Å². The number of nitrogens with one attached hydrogen (secondary N) is 1. The smallest absolute Gasteiger partial charge is 0.220 e. The maximum Gasteiger partial charge on any atom is 0.220 e. The van der Waals surface area contributed by atoms with Gasteiger partial charge in [-0.25, -0.2) is 0 Å². The van der Waals surface area contributed by atoms with E-state index in [1.807, 2.05) is 49.3 Å². The number of unbranched alkanes of at least 4 members (excludes halogenated alkanes) is 13. The molecule has 0 aliphatic carbocycles. The van der Waals surface area contributed by atoms with Gasteiger partial charge in [-0.1, -0.05) is 160 Å². The maximum absolute atomic E-state index is 12.0. The molecule has 1 amide bonds. The van der Waals surface area contributed by atoms with Crippen molar-refractivity contribution in [1.29, 1.82) is 0 Å². The summed E-state index contributed by atoms with van der Waals surface area (Å²) in [5.74, 6) is 4.00. The van der Waals surface area contributed by atoms with E-state index in [0.717, 1.165) is 24.0 Å². The third-order valence-electron chi connectivity index (χ3n) is 8.26. The number of carbonyl (C=O) groups excluding carboxylic acids is 1. The van der Waals surface area contributed by atoms with Gasteiger partial charge in [0.05, 0.1) is 19.3 Å². The van der Waals surface area contributed by atoms with Gasteiger partial charge in [-0.05, 0) is 38.5 Å². The zero-order valence-corrected chi connectivity index (χ0v) is 33.2. The summed E-state index contributed by atoms with van der Waals surface area (Å²) in [5, 5.41) is 3.00. The van der Waals surface area contributed by atoms with Crippen molar-refractivity contribution < 1.29 is 19.0 Å². The van der Waals surface area contributed by atoms with Crippen LogP contribution >= 0.6 is 21.6 Å². The highest BCUT2D eigenvalue weighted by atomic mass is 33.1. The molecular formula is C38H79NO4S2. The number of ether oxygens (including phenoxy) is 3. The Morgan fingerprint density at radius 3 is 1.73 bits per heavy atom. The lowest BCUT2D eigenvalue weighted by Crippen LogP contribution is -2.33. The van der Waals surface area contributed by atoms with Crippen LogP contribution in [0.1, 0.15) is 171 Å². The summed E-state index contributed by atoms with van der Waals surface area (Å²) in [7, 11) is 3.76. The van der Waals surface area contributed by atoms with Gasteiger partial charge in [-0.2, -0.15) is 0 Å². The van der Waals surface area contributed by atoms with E-state index in [1.54, 1.807) is 0 Å². The zero-order chi connectivity index (χ0) is 34.0. The van der Waals surface area contributed by atoms with E-state index in [0.29, 0.717) is 32.8 Å². The SMILES string of the molecule is CC.CCC(C)C(C)C.CCCCCCCCCCCCCCCCSSCCC(=O)NCCCOC1COCC1OC(C)C. The van der Waals surface area contributed by atoms with Crippen molar-refractivity contribution in [3.8, 4) is 0 Å². The van der Waals surface area contributed by atoms with Crippen molar-refractivity contribution in [1.82, 2.24) is 5.32 Å². The van der Waals surface area contributed by atoms with Crippen LogP contribution in [0.15, 0.2) is 0 Å². The molecule has 0 saturated carbocycles. The molecule has 0 aromatic heterocycles. The normalized spacial score (nSPS) is 16.7. The number of amides is 1. The van der Waals surface area contributed by atoms with Gasteiger partial charge in [0.15, 0.2) is 0 Å². The Labute approximate surface area is 290 Å². The van der Waals surface area contributed by atoms with Gasteiger partial charge in [0.1, 0.15) is 12.2 Å². The summed E-state index contributed by atoms with van der Waals surface area (Å²) in [4.78, 5) is 12.0. The van der Waals surface area contributed by atoms with E-state index in [1.165, 1.54) is 102 Å². The van der Waals surface area contributed by atoms with Gasteiger partial charge in [0, 0.05) is 31.1 Å². The van der Waals surface area contributed by atoms with Crippen molar-refractivity contribution in [2.45, 2.75) is 190 Å². The fraction of sp³-hybridized carbons (Fsp3) is 0.974. The second kappa shape index (κ2) is 36.9. The van der Waals surface area contributed by atoms with E-state index in [2.05, 4.69) is 39.9 Å². The van der Waals surface area contributed by atoms with Gasteiger partial charge in [0.2, 0.25) is 5.91 Å². The molecule has 0 aromatic carbocycles. The first-order valence-electron chi connectivity index (χ1n) is 19.2. The molecule has 1 rings (SSSR count). The first-order chi connectivity index (χ1) is 21.8. The van der Waals surface area contributed by atoms with Crippen LogP contribution in [0.5, 0.6) is 0 Å². The fourth-order valence-corrected chi connectivity index (χ4v) is 6.99. The Hall–Kier alpha value is 0.0500. The first kappa shape index (κ1) is 47.2. The highest BCUT2D eigenvalue weighted by molar-refractivity contribution is 8.76. The van der Waals surface area contributed by atoms with E-state index in [4.69, 9.17) is 14.2 Å². The molecule has 0 spiro atoms. The van der Waals surface area contributed by atoms with Crippen molar-refractivity contribution in [3.05, 3.63) is 0 Å². The molecule has 272 valence electrons. The molecule has 3 atom stereocenters. The van der Waals surface area contributed by atoms with E-state index in [9.17, 15) is 4.79 Å². The van der Waals surface area contributed by atoms with E-state index < -0.39 is 0 Å². The summed E-state index contributed by atoms with van der Waals surface area (Å²) >= 11 is 0. The summed E-state index contributed by atoms with van der Waals surface area (Å²) in [6, 6.07) is 0. The predicted octanol–water partition coefficient (Wildman–Crippen LogP) is 11.7. The van der Waals surface area contributed by atoms with Crippen LogP contribution < -0.4 is 5.32 Å². The Kier molecular flexibility index (Phi) is 38.7. The highest BCUT2D eigenvalue weighted by Gasteiger charge is 2.30. The van der Waals surface area contributed by atoms with Crippen LogP contribution in [-0.2, 0) is 19.0 Å². The van der Waals surface area contributed by atoms with Gasteiger partial charge in [-0.3, -0.25) is 4.79 Å². The van der Waals surface area contributed by atoms with Crippen LogP contribution in [0.4, 0.5) is 0 Å². The molecule has 45 heavy (non-hydrogen) atoms. The second-order valence-electron chi connectivity index (χ2n) is 13.0. The molecule has 0 aromatic rings. The number of carbonyl (C=O) groups is 1. The van der Waals surface area contributed by atoms with Gasteiger partial charge < -0.3 is 19.5 Å². The minimum Gasteiger partial charge on any atom is -0.376 e. The predicted molar refractivity (Wildman–Crippen MR) is 204 cm³/mol. The van der Waals surface area contributed by atoms with Gasteiger partial charge in [0.25, 0.3) is 0 Å². The van der Waals surface area contributed by atoms with Crippen LogP contribution in [0.3, 0.4) is 0 Å². The minimum absolute atomic E-state index is 0.0104. The quantitative estimate of drug-likeness (QED) is 0.0657. The molecule has 1 heterocycles.